The zero-order chi connectivity index (χ0) is 19.1. The Morgan fingerprint density at radius 2 is 1.72 bits per heavy atom. The number of hydrogen-bond donors (Lipinski definition) is 0. The van der Waals surface area contributed by atoms with Gasteiger partial charge >= 0.3 is 0 Å². The Hall–Kier alpha value is -2.41. The Morgan fingerprint density at radius 3 is 2.20 bits per heavy atom. The van der Waals surface area contributed by atoms with Crippen LogP contribution >= 0.6 is 0 Å². The Kier molecular flexibility index (Phi) is 7.57. The molecule has 0 atom stereocenters. The lowest BCUT2D eigenvalue weighted by Gasteiger charge is -2.15. The van der Waals surface area contributed by atoms with Gasteiger partial charge in [-0.3, -0.25) is 4.99 Å². The number of aryl methyl sites for hydroxylation is 1. The Labute approximate surface area is 153 Å². The van der Waals surface area contributed by atoms with Gasteiger partial charge in [-0.1, -0.05) is 56.5 Å². The van der Waals surface area contributed by atoms with Gasteiger partial charge in [0.2, 0.25) is 0 Å². The number of allylic oxidation sites excluding steroid dienone is 6. The van der Waals surface area contributed by atoms with Crippen LogP contribution in [0.4, 0.5) is 0 Å². The number of benzene rings is 1. The maximum Gasteiger partial charge on any atom is 0.0449 e. The molecule has 0 aromatic heterocycles. The summed E-state index contributed by atoms with van der Waals surface area (Å²) < 4.78 is 0. The van der Waals surface area contributed by atoms with E-state index in [4.69, 9.17) is 0 Å². The smallest absolute Gasteiger partial charge is 0.0449 e. The predicted octanol–water partition coefficient (Wildman–Crippen LogP) is 7.18. The summed E-state index contributed by atoms with van der Waals surface area (Å²) in [6.07, 6.45) is 4.99. The topological polar surface area (TPSA) is 12.4 Å². The molecule has 0 aliphatic rings. The number of hydrogen-bond acceptors (Lipinski definition) is 1. The van der Waals surface area contributed by atoms with Gasteiger partial charge in [0.1, 0.15) is 0 Å². The van der Waals surface area contributed by atoms with E-state index in [-0.39, 0.29) is 0 Å². The molecule has 0 unspecified atom stereocenters. The molecule has 0 N–H and O–H groups in total. The second-order valence-electron chi connectivity index (χ2n) is 6.48. The van der Waals surface area contributed by atoms with Crippen molar-refractivity contribution in [1.82, 2.24) is 0 Å². The average Bonchev–Trinajstić information content (AvgIpc) is 2.54. The minimum atomic E-state index is 0.945. The van der Waals surface area contributed by atoms with Crippen LogP contribution in [0.15, 0.2) is 70.9 Å². The van der Waals surface area contributed by atoms with Crippen LogP contribution in [0.2, 0.25) is 0 Å². The first-order chi connectivity index (χ1) is 11.7. The van der Waals surface area contributed by atoms with Crippen molar-refractivity contribution >= 4 is 17.9 Å². The molecular formula is C24H31N. The van der Waals surface area contributed by atoms with Gasteiger partial charge in [0.25, 0.3) is 0 Å². The van der Waals surface area contributed by atoms with Crippen LogP contribution in [0.1, 0.15) is 58.2 Å². The predicted molar refractivity (Wildman–Crippen MR) is 115 cm³/mol. The molecule has 0 radical (unpaired) electrons. The lowest BCUT2D eigenvalue weighted by molar-refractivity contribution is 1.13. The van der Waals surface area contributed by atoms with Gasteiger partial charge in [0.05, 0.1) is 0 Å². The standard InChI is InChI=1S/C24H31N/c1-10-21-15-22(16(3)4)12-13-23(21)14-18(7)19(8)24(17(5)6)20(9)25-11-2/h11-15H,3,5,8,10H2,1-2,4,6-7,9H3/b18-14+,24-20+,25-11?. The third-order valence-corrected chi connectivity index (χ3v) is 4.28. The van der Waals surface area contributed by atoms with Crippen molar-refractivity contribution in [2.45, 2.75) is 48.0 Å². The normalized spacial score (nSPS) is 13.0. The first-order valence-electron chi connectivity index (χ1n) is 8.75. The van der Waals surface area contributed by atoms with Crippen LogP contribution in [0.3, 0.4) is 0 Å². The molecule has 0 bridgehead atoms. The van der Waals surface area contributed by atoms with E-state index in [1.165, 1.54) is 16.7 Å². The Morgan fingerprint density at radius 1 is 1.08 bits per heavy atom. The minimum Gasteiger partial charge on any atom is -0.266 e. The van der Waals surface area contributed by atoms with Crippen LogP contribution in [0.25, 0.3) is 11.6 Å². The zero-order valence-electron chi connectivity index (χ0n) is 16.7. The molecule has 1 aromatic carbocycles. The summed E-state index contributed by atoms with van der Waals surface area (Å²) in [7, 11) is 0. The molecule has 0 heterocycles. The van der Waals surface area contributed by atoms with Crippen LogP contribution in [-0.4, -0.2) is 6.21 Å². The fourth-order valence-corrected chi connectivity index (χ4v) is 2.88. The first kappa shape index (κ1) is 20.6. The van der Waals surface area contributed by atoms with E-state index in [2.05, 4.69) is 62.9 Å². The fraction of sp³-hybridized carbons (Fsp3) is 0.292. The summed E-state index contributed by atoms with van der Waals surface area (Å²) in [5.41, 5.74) is 9.88. The van der Waals surface area contributed by atoms with Crippen molar-refractivity contribution in [3.05, 3.63) is 82.6 Å². The highest BCUT2D eigenvalue weighted by Gasteiger charge is 2.10. The van der Waals surface area contributed by atoms with Crippen molar-refractivity contribution in [2.75, 3.05) is 0 Å². The van der Waals surface area contributed by atoms with Crippen LogP contribution in [-0.2, 0) is 6.42 Å². The quantitative estimate of drug-likeness (QED) is 0.370. The minimum absolute atomic E-state index is 0.945. The second-order valence-corrected chi connectivity index (χ2v) is 6.48. The summed E-state index contributed by atoms with van der Waals surface area (Å²) in [6.45, 7) is 24.7. The third-order valence-electron chi connectivity index (χ3n) is 4.28. The summed E-state index contributed by atoms with van der Waals surface area (Å²) in [4.78, 5) is 4.42. The number of rotatable bonds is 7. The maximum atomic E-state index is 4.42. The van der Waals surface area contributed by atoms with Crippen molar-refractivity contribution in [1.29, 1.82) is 0 Å². The van der Waals surface area contributed by atoms with Gasteiger partial charge in [-0.2, -0.15) is 0 Å². The molecule has 0 fully saturated rings. The summed E-state index contributed by atoms with van der Waals surface area (Å²) in [6, 6.07) is 6.53. The van der Waals surface area contributed by atoms with E-state index in [1.54, 1.807) is 6.21 Å². The highest BCUT2D eigenvalue weighted by molar-refractivity contribution is 5.70. The second kappa shape index (κ2) is 9.17. The van der Waals surface area contributed by atoms with Crippen LogP contribution in [0.5, 0.6) is 0 Å². The summed E-state index contributed by atoms with van der Waals surface area (Å²) >= 11 is 0. The van der Waals surface area contributed by atoms with Crippen LogP contribution < -0.4 is 0 Å². The molecule has 1 nitrogen and oxygen atoms in total. The molecule has 0 amide bonds. The van der Waals surface area contributed by atoms with Gasteiger partial charge in [-0.15, -0.1) is 0 Å². The monoisotopic (exact) mass is 333 g/mol. The average molecular weight is 334 g/mol. The summed E-state index contributed by atoms with van der Waals surface area (Å²) in [5.74, 6) is 0. The molecule has 1 aromatic rings. The Balaban J connectivity index is 3.36. The van der Waals surface area contributed by atoms with E-state index < -0.39 is 0 Å². The molecule has 1 heteroatoms. The van der Waals surface area contributed by atoms with Gasteiger partial charge in [0, 0.05) is 17.5 Å². The fourth-order valence-electron chi connectivity index (χ4n) is 2.88. The largest absolute Gasteiger partial charge is 0.266 e. The van der Waals surface area contributed by atoms with Crippen molar-refractivity contribution < 1.29 is 0 Å². The lowest BCUT2D eigenvalue weighted by Crippen LogP contribution is -1.96. The molecular weight excluding hydrogens is 302 g/mol. The molecule has 132 valence electrons. The van der Waals surface area contributed by atoms with Crippen molar-refractivity contribution in [3.63, 3.8) is 0 Å². The van der Waals surface area contributed by atoms with Gasteiger partial charge in [0.15, 0.2) is 0 Å². The molecule has 0 aliphatic heterocycles. The van der Waals surface area contributed by atoms with Crippen molar-refractivity contribution in [3.8, 4) is 0 Å². The van der Waals surface area contributed by atoms with E-state index in [9.17, 15) is 0 Å². The van der Waals surface area contributed by atoms with Gasteiger partial charge in [-0.05, 0) is 74.4 Å². The van der Waals surface area contributed by atoms with E-state index in [1.807, 2.05) is 27.7 Å². The molecule has 25 heavy (non-hydrogen) atoms. The van der Waals surface area contributed by atoms with Gasteiger partial charge in [-0.25, -0.2) is 0 Å². The molecule has 0 spiro atoms. The van der Waals surface area contributed by atoms with Crippen molar-refractivity contribution in [2.24, 2.45) is 4.99 Å². The number of nitrogens with zero attached hydrogens (tertiary/aromatic N) is 1. The number of aliphatic imine (C=N–C) groups is 1. The van der Waals surface area contributed by atoms with E-state index in [0.29, 0.717) is 0 Å². The molecule has 0 saturated carbocycles. The van der Waals surface area contributed by atoms with E-state index >= 15 is 0 Å². The zero-order valence-corrected chi connectivity index (χ0v) is 16.7. The highest BCUT2D eigenvalue weighted by atomic mass is 14.7. The first-order valence-corrected chi connectivity index (χ1v) is 8.75. The maximum absolute atomic E-state index is 4.42. The molecule has 1 rings (SSSR count). The summed E-state index contributed by atoms with van der Waals surface area (Å²) in [5, 5.41) is 0. The van der Waals surface area contributed by atoms with Gasteiger partial charge < -0.3 is 0 Å². The molecule has 0 saturated heterocycles. The lowest BCUT2D eigenvalue weighted by atomic mass is 9.91. The van der Waals surface area contributed by atoms with Crippen LogP contribution in [0, 0.1) is 0 Å². The highest BCUT2D eigenvalue weighted by Crippen LogP contribution is 2.29. The Bertz CT molecular complexity index is 782. The molecule has 0 aliphatic carbocycles. The van der Waals surface area contributed by atoms with E-state index in [0.717, 1.165) is 40.0 Å². The third kappa shape index (κ3) is 5.29. The SMILES string of the molecule is C=C(C)/C(C(=C)/C(C)=C/c1ccc(C(=C)C)cc1CC)=C(/C)N=CC.